The summed E-state index contributed by atoms with van der Waals surface area (Å²) in [4.78, 5) is 28.7. The Bertz CT molecular complexity index is 1630. The summed E-state index contributed by atoms with van der Waals surface area (Å²) >= 11 is 0. The first-order valence-electron chi connectivity index (χ1n) is 16.9. The van der Waals surface area contributed by atoms with Crippen LogP contribution in [0.15, 0.2) is 103 Å². The van der Waals surface area contributed by atoms with Gasteiger partial charge in [0.1, 0.15) is 6.10 Å². The minimum Gasteiger partial charge on any atom is -0.493 e. The van der Waals surface area contributed by atoms with E-state index in [0.29, 0.717) is 30.9 Å². The van der Waals surface area contributed by atoms with Crippen molar-refractivity contribution in [3.63, 3.8) is 0 Å². The lowest BCUT2D eigenvalue weighted by atomic mass is 9.95. The Labute approximate surface area is 303 Å². The van der Waals surface area contributed by atoms with Gasteiger partial charge in [-0.2, -0.15) is 0 Å². The number of amides is 2. The Morgan fingerprint density at radius 1 is 0.804 bits per heavy atom. The van der Waals surface area contributed by atoms with Crippen molar-refractivity contribution < 1.29 is 29.3 Å². The summed E-state index contributed by atoms with van der Waals surface area (Å²) in [6.45, 7) is 2.25. The summed E-state index contributed by atoms with van der Waals surface area (Å²) in [6.07, 6.45) is -0.873. The van der Waals surface area contributed by atoms with E-state index in [1.54, 1.807) is 14.2 Å². The number of hydrogen-bond donors (Lipinski definition) is 4. The fourth-order valence-corrected chi connectivity index (χ4v) is 6.34. The summed E-state index contributed by atoms with van der Waals surface area (Å²) in [5.41, 5.74) is 5.17. The molecule has 9 heteroatoms. The fourth-order valence-electron chi connectivity index (χ4n) is 6.34. The zero-order valence-electron chi connectivity index (χ0n) is 28.3. The first-order chi connectivity index (χ1) is 23.8. The number of benzene rings is 4. The maximum atomic E-state index is 13.2. The van der Waals surface area contributed by atoms with Gasteiger partial charge in [-0.05, 0) is 65.6 Å². The molecule has 0 aliphatic carbocycles. The normalized spacial score (nSPS) is 15.7. The molecular formula is C42H55N3O6. The van der Waals surface area contributed by atoms with Gasteiger partial charge in [0.15, 0.2) is 17.6 Å². The second-order valence-corrected chi connectivity index (χ2v) is 12.6. The summed E-state index contributed by atoms with van der Waals surface area (Å²) < 4.78 is 10.7. The van der Waals surface area contributed by atoms with Crippen LogP contribution in [0.2, 0.25) is 0 Å². The largest absolute Gasteiger partial charge is 0.493 e. The lowest BCUT2D eigenvalue weighted by Gasteiger charge is -2.28. The van der Waals surface area contributed by atoms with Crippen molar-refractivity contribution in [1.29, 1.82) is 0 Å². The molecule has 9 nitrogen and oxygen atoms in total. The SMILES string of the molecule is C.C.COc1ccc(CCCC(=O)NC(Cc2ccc(-c3ccccc3)cc2)C(O)C(O)C(=O)NC2CCN(Cc3ccccc3)C2)cc1OC. The molecule has 1 saturated heterocycles. The average Bonchev–Trinajstić information content (AvgIpc) is 3.57. The smallest absolute Gasteiger partial charge is 0.251 e. The summed E-state index contributed by atoms with van der Waals surface area (Å²) in [7, 11) is 3.17. The van der Waals surface area contributed by atoms with E-state index in [9.17, 15) is 19.8 Å². The van der Waals surface area contributed by atoms with Gasteiger partial charge in [-0.25, -0.2) is 0 Å². The van der Waals surface area contributed by atoms with Crippen molar-refractivity contribution in [2.75, 3.05) is 27.3 Å². The molecule has 0 bridgehead atoms. The number of aliphatic hydroxyl groups excluding tert-OH is 2. The van der Waals surface area contributed by atoms with Gasteiger partial charge < -0.3 is 30.3 Å². The number of methoxy groups -OCH3 is 2. The van der Waals surface area contributed by atoms with Gasteiger partial charge in [0.05, 0.1) is 20.3 Å². The summed E-state index contributed by atoms with van der Waals surface area (Å²) in [6, 6.07) is 32.6. The third kappa shape index (κ3) is 11.7. The van der Waals surface area contributed by atoms with Gasteiger partial charge in [0.2, 0.25) is 5.91 Å². The number of carbonyl (C=O) groups is 2. The van der Waals surface area contributed by atoms with Crippen LogP contribution in [0.3, 0.4) is 0 Å². The van der Waals surface area contributed by atoms with E-state index < -0.39 is 24.2 Å². The number of ether oxygens (including phenoxy) is 2. The van der Waals surface area contributed by atoms with E-state index in [1.165, 1.54) is 5.56 Å². The average molecular weight is 698 g/mol. The van der Waals surface area contributed by atoms with Crippen LogP contribution >= 0.6 is 0 Å². The molecule has 0 radical (unpaired) electrons. The van der Waals surface area contributed by atoms with E-state index in [1.807, 2.05) is 91.0 Å². The standard InChI is InChI=1S/C40H47N3O6.2CH4/c1-48-35-21-18-28(25-36(35)49-2)12-9-15-37(44)42-34(24-29-16-19-32(20-17-29)31-13-7-4-8-14-31)38(45)39(46)40(47)41-33-22-23-43(27-33)26-30-10-5-3-6-11-30;;/h3-8,10-11,13-14,16-21,25,33-34,38-39,45-46H,9,12,15,22-24,26-27H2,1-2H3,(H,41,47)(H,42,44);2*1H4. The van der Waals surface area contributed by atoms with Crippen molar-refractivity contribution in [2.24, 2.45) is 0 Å². The molecule has 1 fully saturated rings. The Kier molecular flexibility index (Phi) is 16.2. The minimum absolute atomic E-state index is 0. The lowest BCUT2D eigenvalue weighted by Crippen LogP contribution is -2.55. The first kappa shape index (κ1) is 40.7. The van der Waals surface area contributed by atoms with Gasteiger partial charge in [-0.15, -0.1) is 0 Å². The van der Waals surface area contributed by atoms with Crippen LogP contribution < -0.4 is 20.1 Å². The molecule has 1 aliphatic heterocycles. The lowest BCUT2D eigenvalue weighted by molar-refractivity contribution is -0.138. The molecule has 1 heterocycles. The number of nitrogens with one attached hydrogen (secondary N) is 2. The van der Waals surface area contributed by atoms with Gasteiger partial charge in [-0.3, -0.25) is 14.5 Å². The minimum atomic E-state index is -1.72. The van der Waals surface area contributed by atoms with Crippen molar-refractivity contribution in [3.8, 4) is 22.6 Å². The van der Waals surface area contributed by atoms with Crippen LogP contribution in [0.25, 0.3) is 11.1 Å². The molecular weight excluding hydrogens is 642 g/mol. The molecule has 51 heavy (non-hydrogen) atoms. The van der Waals surface area contributed by atoms with Gasteiger partial charge in [-0.1, -0.05) is 106 Å². The van der Waals surface area contributed by atoms with Crippen LogP contribution in [0, 0.1) is 0 Å². The van der Waals surface area contributed by atoms with Crippen molar-refractivity contribution in [1.82, 2.24) is 15.5 Å². The molecule has 0 aromatic heterocycles. The topological polar surface area (TPSA) is 120 Å². The molecule has 4 atom stereocenters. The van der Waals surface area contributed by atoms with E-state index in [4.69, 9.17) is 9.47 Å². The fraction of sp³-hybridized carbons (Fsp3) is 0.381. The molecule has 5 rings (SSSR count). The number of carbonyl (C=O) groups excluding carboxylic acids is 2. The number of aryl methyl sites for hydroxylation is 1. The molecule has 274 valence electrons. The molecule has 4 aromatic rings. The third-order valence-corrected chi connectivity index (χ3v) is 9.05. The second-order valence-electron chi connectivity index (χ2n) is 12.6. The van der Waals surface area contributed by atoms with E-state index in [2.05, 4.69) is 27.7 Å². The Morgan fingerprint density at radius 2 is 1.43 bits per heavy atom. The quantitative estimate of drug-likeness (QED) is 0.117. The third-order valence-electron chi connectivity index (χ3n) is 9.05. The molecule has 0 saturated carbocycles. The maximum Gasteiger partial charge on any atom is 0.251 e. The first-order valence-corrected chi connectivity index (χ1v) is 16.9. The Hall–Kier alpha value is -4.70. The number of aliphatic hydroxyl groups is 2. The van der Waals surface area contributed by atoms with Gasteiger partial charge in [0, 0.05) is 32.1 Å². The van der Waals surface area contributed by atoms with Gasteiger partial charge in [0.25, 0.3) is 5.91 Å². The van der Waals surface area contributed by atoms with Crippen LogP contribution in [-0.2, 0) is 29.0 Å². The molecule has 2 amide bonds. The Morgan fingerprint density at radius 3 is 2.10 bits per heavy atom. The van der Waals surface area contributed by atoms with Gasteiger partial charge >= 0.3 is 0 Å². The highest BCUT2D eigenvalue weighted by atomic mass is 16.5. The van der Waals surface area contributed by atoms with E-state index in [0.717, 1.165) is 41.8 Å². The number of hydrogen-bond acceptors (Lipinski definition) is 7. The Balaban J connectivity index is 0.00000351. The monoisotopic (exact) mass is 697 g/mol. The highest BCUT2D eigenvalue weighted by molar-refractivity contribution is 5.82. The van der Waals surface area contributed by atoms with Crippen molar-refractivity contribution >= 4 is 11.8 Å². The second kappa shape index (κ2) is 20.2. The number of nitrogens with zero attached hydrogens (tertiary/aromatic N) is 1. The van der Waals surface area contributed by atoms with Crippen LogP contribution in [-0.4, -0.2) is 78.5 Å². The molecule has 4 aromatic carbocycles. The van der Waals surface area contributed by atoms with Crippen molar-refractivity contribution in [2.45, 2.75) is 77.8 Å². The molecule has 4 N–H and O–H groups in total. The van der Waals surface area contributed by atoms with Crippen molar-refractivity contribution in [3.05, 3.63) is 120 Å². The van der Waals surface area contributed by atoms with Crippen LogP contribution in [0.5, 0.6) is 11.5 Å². The highest BCUT2D eigenvalue weighted by Crippen LogP contribution is 2.28. The van der Waals surface area contributed by atoms with E-state index >= 15 is 0 Å². The summed E-state index contributed by atoms with van der Waals surface area (Å²) in [5.74, 6) is 0.342. The molecule has 1 aliphatic rings. The number of rotatable bonds is 16. The zero-order chi connectivity index (χ0) is 34.6. The van der Waals surface area contributed by atoms with Crippen LogP contribution in [0.1, 0.15) is 50.8 Å². The predicted octanol–water partition coefficient (Wildman–Crippen LogP) is 5.81. The highest BCUT2D eigenvalue weighted by Gasteiger charge is 2.34. The molecule has 0 spiro atoms. The zero-order valence-corrected chi connectivity index (χ0v) is 28.3. The summed E-state index contributed by atoms with van der Waals surface area (Å²) in [5, 5.41) is 28.3. The predicted molar refractivity (Wildman–Crippen MR) is 204 cm³/mol. The maximum absolute atomic E-state index is 13.2. The van der Waals surface area contributed by atoms with Crippen LogP contribution in [0.4, 0.5) is 0 Å². The van der Waals surface area contributed by atoms with E-state index in [-0.39, 0.29) is 39.6 Å². The number of likely N-dealkylation sites (tertiary alicyclic amines) is 1. The molecule has 4 unspecified atom stereocenters.